The number of halogens is 3. The topological polar surface area (TPSA) is 53.0 Å². The average Bonchev–Trinajstić information content (AvgIpc) is 2.75. The van der Waals surface area contributed by atoms with Crippen LogP contribution in [0.4, 0.5) is 19.0 Å². The predicted octanol–water partition coefficient (Wildman–Crippen LogP) is 3.06. The van der Waals surface area contributed by atoms with Crippen molar-refractivity contribution < 1.29 is 17.9 Å². The largest absolute Gasteiger partial charge is 0.411 e. The summed E-state index contributed by atoms with van der Waals surface area (Å²) in [5, 5.41) is 3.34. The van der Waals surface area contributed by atoms with Gasteiger partial charge in [-0.2, -0.15) is 13.2 Å². The second kappa shape index (κ2) is 10.3. The Morgan fingerprint density at radius 3 is 2.53 bits per heavy atom. The lowest BCUT2D eigenvalue weighted by atomic mass is 10.1. The van der Waals surface area contributed by atoms with E-state index in [0.29, 0.717) is 12.1 Å². The average molecular weight is 421 g/mol. The van der Waals surface area contributed by atoms with Gasteiger partial charge in [0.2, 0.25) is 0 Å². The quantitative estimate of drug-likeness (QED) is 0.574. The van der Waals surface area contributed by atoms with Gasteiger partial charge in [-0.1, -0.05) is 30.3 Å². The minimum Gasteiger partial charge on any atom is -0.367 e. The fraction of sp³-hybridized carbons (Fsp3) is 0.429. The number of alkyl halides is 3. The number of hydrogen-bond donors (Lipinski definition) is 1. The Balaban J connectivity index is 1.48. The number of guanidine groups is 1. The lowest BCUT2D eigenvalue weighted by Crippen LogP contribution is -2.52. The third kappa shape index (κ3) is 6.62. The van der Waals surface area contributed by atoms with E-state index in [0.717, 1.165) is 43.5 Å². The van der Waals surface area contributed by atoms with Gasteiger partial charge in [0.1, 0.15) is 12.4 Å². The maximum Gasteiger partial charge on any atom is 0.411 e. The third-order valence-corrected chi connectivity index (χ3v) is 4.74. The zero-order valence-electron chi connectivity index (χ0n) is 16.9. The molecule has 0 spiro atoms. The highest BCUT2D eigenvalue weighted by Gasteiger charge is 2.27. The van der Waals surface area contributed by atoms with Gasteiger partial charge in [0.15, 0.2) is 5.96 Å². The normalized spacial score (nSPS) is 15.4. The number of hydrogen-bond acceptors (Lipinski definition) is 4. The number of nitrogens with zero attached hydrogens (tertiary/aromatic N) is 4. The number of anilines is 1. The molecule has 0 aliphatic carbocycles. The van der Waals surface area contributed by atoms with E-state index in [1.165, 1.54) is 0 Å². The van der Waals surface area contributed by atoms with Crippen LogP contribution in [0.3, 0.4) is 0 Å². The molecule has 2 aromatic rings. The van der Waals surface area contributed by atoms with Crippen molar-refractivity contribution in [3.05, 3.63) is 59.8 Å². The van der Waals surface area contributed by atoms with E-state index in [1.54, 1.807) is 19.3 Å². The van der Waals surface area contributed by atoms with Crippen molar-refractivity contribution in [2.45, 2.75) is 19.3 Å². The third-order valence-electron chi connectivity index (χ3n) is 4.74. The Bertz CT molecular complexity index is 821. The van der Waals surface area contributed by atoms with Gasteiger partial charge in [-0.15, -0.1) is 0 Å². The van der Waals surface area contributed by atoms with E-state index in [2.05, 4.69) is 25.1 Å². The summed E-state index contributed by atoms with van der Waals surface area (Å²) in [4.78, 5) is 13.2. The maximum atomic E-state index is 12.2. The Kier molecular flexibility index (Phi) is 7.51. The molecular weight excluding hydrogens is 395 g/mol. The number of aliphatic imine (C=N–C) groups is 1. The van der Waals surface area contributed by atoms with Crippen molar-refractivity contribution in [3.8, 4) is 0 Å². The van der Waals surface area contributed by atoms with E-state index in [-0.39, 0.29) is 6.61 Å². The van der Waals surface area contributed by atoms with Gasteiger partial charge >= 0.3 is 6.18 Å². The molecule has 0 radical (unpaired) electrons. The van der Waals surface area contributed by atoms with E-state index >= 15 is 0 Å². The van der Waals surface area contributed by atoms with Crippen LogP contribution in [0.5, 0.6) is 0 Å². The van der Waals surface area contributed by atoms with Crippen LogP contribution >= 0.6 is 0 Å². The van der Waals surface area contributed by atoms with Gasteiger partial charge in [-0.05, 0) is 23.3 Å². The van der Waals surface area contributed by atoms with E-state index in [9.17, 15) is 13.2 Å². The van der Waals surface area contributed by atoms with Crippen LogP contribution in [0, 0.1) is 0 Å². The first-order chi connectivity index (χ1) is 14.4. The number of piperazine rings is 1. The van der Waals surface area contributed by atoms with Crippen molar-refractivity contribution in [2.24, 2.45) is 4.99 Å². The summed E-state index contributed by atoms with van der Waals surface area (Å²) in [5.74, 6) is 1.78. The molecule has 0 amide bonds. The number of benzene rings is 1. The highest BCUT2D eigenvalue weighted by molar-refractivity contribution is 5.80. The Morgan fingerprint density at radius 2 is 1.87 bits per heavy atom. The summed E-state index contributed by atoms with van der Waals surface area (Å²) in [6.07, 6.45) is -2.52. The molecule has 1 aliphatic heterocycles. The monoisotopic (exact) mass is 421 g/mol. The van der Waals surface area contributed by atoms with E-state index in [4.69, 9.17) is 4.74 Å². The molecule has 9 heteroatoms. The van der Waals surface area contributed by atoms with Crippen LogP contribution in [0.2, 0.25) is 0 Å². The summed E-state index contributed by atoms with van der Waals surface area (Å²) in [7, 11) is 1.74. The van der Waals surface area contributed by atoms with Crippen LogP contribution in [-0.4, -0.2) is 61.9 Å². The minimum atomic E-state index is -4.31. The molecular formula is C21H26F3N5O. The fourth-order valence-corrected chi connectivity index (χ4v) is 3.32. The van der Waals surface area contributed by atoms with E-state index in [1.807, 2.05) is 36.4 Å². The van der Waals surface area contributed by atoms with Gasteiger partial charge in [-0.25, -0.2) is 4.98 Å². The molecule has 1 aromatic heterocycles. The van der Waals surface area contributed by atoms with E-state index < -0.39 is 12.8 Å². The SMILES string of the molecule is CN=C(NCc1cccc(COCC(F)(F)F)c1)N1CCN(c2ccccn2)CC1. The number of ether oxygens (including phenoxy) is 1. The molecule has 1 saturated heterocycles. The summed E-state index contributed by atoms with van der Waals surface area (Å²) < 4.78 is 41.4. The molecule has 162 valence electrons. The summed E-state index contributed by atoms with van der Waals surface area (Å²) in [5.41, 5.74) is 1.66. The molecule has 0 atom stereocenters. The number of aromatic nitrogens is 1. The Labute approximate surface area is 174 Å². The molecule has 1 N–H and O–H groups in total. The van der Waals surface area contributed by atoms with Crippen molar-refractivity contribution in [1.29, 1.82) is 0 Å². The van der Waals surface area contributed by atoms with Crippen LogP contribution in [-0.2, 0) is 17.9 Å². The van der Waals surface area contributed by atoms with Crippen LogP contribution in [0.1, 0.15) is 11.1 Å². The van der Waals surface area contributed by atoms with Crippen LogP contribution < -0.4 is 10.2 Å². The number of pyridine rings is 1. The molecule has 0 saturated carbocycles. The second-order valence-electron chi connectivity index (χ2n) is 6.99. The second-order valence-corrected chi connectivity index (χ2v) is 6.99. The molecule has 1 aliphatic rings. The van der Waals surface area contributed by atoms with Crippen molar-refractivity contribution in [2.75, 3.05) is 44.7 Å². The first-order valence-electron chi connectivity index (χ1n) is 9.78. The minimum absolute atomic E-state index is 0.0719. The van der Waals surface area contributed by atoms with Gasteiger partial charge in [0, 0.05) is 46.0 Å². The lowest BCUT2D eigenvalue weighted by Gasteiger charge is -2.37. The first kappa shape index (κ1) is 21.9. The summed E-state index contributed by atoms with van der Waals surface area (Å²) >= 11 is 0. The zero-order valence-corrected chi connectivity index (χ0v) is 16.9. The molecule has 3 rings (SSSR count). The van der Waals surface area contributed by atoms with Crippen molar-refractivity contribution in [3.63, 3.8) is 0 Å². The predicted molar refractivity (Wildman–Crippen MR) is 110 cm³/mol. The fourth-order valence-electron chi connectivity index (χ4n) is 3.32. The van der Waals surface area contributed by atoms with Crippen LogP contribution in [0.15, 0.2) is 53.7 Å². The zero-order chi connectivity index (χ0) is 21.4. The summed E-state index contributed by atoms with van der Waals surface area (Å²) in [6, 6.07) is 13.2. The van der Waals surface area contributed by atoms with Gasteiger partial charge in [0.05, 0.1) is 6.61 Å². The molecule has 6 nitrogen and oxygen atoms in total. The maximum absolute atomic E-state index is 12.2. The number of rotatable bonds is 6. The molecule has 0 bridgehead atoms. The highest BCUT2D eigenvalue weighted by Crippen LogP contribution is 2.16. The summed E-state index contributed by atoms with van der Waals surface area (Å²) in [6.45, 7) is 2.56. The first-order valence-corrected chi connectivity index (χ1v) is 9.78. The van der Waals surface area contributed by atoms with Gasteiger partial charge < -0.3 is 19.9 Å². The standard InChI is InChI=1S/C21H26F3N5O/c1-25-20(29-11-9-28(10-12-29)19-7-2-3-8-26-19)27-14-17-5-4-6-18(13-17)15-30-16-21(22,23)24/h2-8,13H,9-12,14-16H2,1H3,(H,25,27). The van der Waals surface area contributed by atoms with Crippen LogP contribution in [0.25, 0.3) is 0 Å². The Hall–Kier alpha value is -2.81. The van der Waals surface area contributed by atoms with Crippen molar-refractivity contribution >= 4 is 11.8 Å². The Morgan fingerprint density at radius 1 is 1.10 bits per heavy atom. The van der Waals surface area contributed by atoms with Gasteiger partial charge in [-0.3, -0.25) is 4.99 Å². The molecule has 30 heavy (non-hydrogen) atoms. The van der Waals surface area contributed by atoms with Gasteiger partial charge in [0.25, 0.3) is 0 Å². The molecule has 2 heterocycles. The molecule has 1 fully saturated rings. The number of nitrogens with one attached hydrogen (secondary N) is 1. The smallest absolute Gasteiger partial charge is 0.367 e. The van der Waals surface area contributed by atoms with Crippen molar-refractivity contribution in [1.82, 2.24) is 15.2 Å². The lowest BCUT2D eigenvalue weighted by molar-refractivity contribution is -0.176. The highest BCUT2D eigenvalue weighted by atomic mass is 19.4. The molecule has 1 aromatic carbocycles. The molecule has 0 unspecified atom stereocenters.